The molecule has 0 saturated carbocycles. The van der Waals surface area contributed by atoms with Gasteiger partial charge in [-0.05, 0) is 31.4 Å². The van der Waals surface area contributed by atoms with Crippen molar-refractivity contribution in [1.82, 2.24) is 10.5 Å². The first-order chi connectivity index (χ1) is 8.85. The van der Waals surface area contributed by atoms with Crippen molar-refractivity contribution < 1.29 is 9.63 Å². The number of pyridine rings is 1. The number of hydrogen-bond donors (Lipinski definition) is 1. The van der Waals surface area contributed by atoms with Crippen LogP contribution in [0.15, 0.2) is 18.3 Å². The first kappa shape index (κ1) is 13.0. The lowest BCUT2D eigenvalue weighted by atomic mass is 10.1. The second-order valence-electron chi connectivity index (χ2n) is 4.44. The summed E-state index contributed by atoms with van der Waals surface area (Å²) < 4.78 is 0. The number of hydroxylamine groups is 1. The van der Waals surface area contributed by atoms with Crippen molar-refractivity contribution in [3.8, 4) is 0 Å². The van der Waals surface area contributed by atoms with Crippen molar-refractivity contribution in [2.24, 2.45) is 0 Å². The highest BCUT2D eigenvalue weighted by Gasteiger charge is 2.24. The number of rotatable bonds is 6. The molecule has 2 rings (SSSR count). The van der Waals surface area contributed by atoms with E-state index >= 15 is 0 Å². The second-order valence-corrected chi connectivity index (χ2v) is 4.44. The van der Waals surface area contributed by atoms with Crippen molar-refractivity contribution >= 4 is 12.1 Å². The van der Waals surface area contributed by atoms with Crippen LogP contribution in [0.2, 0.25) is 0 Å². The van der Waals surface area contributed by atoms with Crippen LogP contribution in [0.4, 0.5) is 5.82 Å². The zero-order valence-electron chi connectivity index (χ0n) is 10.6. The molecule has 1 aromatic heterocycles. The maximum atomic E-state index is 10.6. The molecule has 1 aliphatic rings. The van der Waals surface area contributed by atoms with Crippen molar-refractivity contribution in [2.45, 2.75) is 25.3 Å². The zero-order chi connectivity index (χ0) is 12.8. The number of carbonyl (C=O) groups is 1. The maximum absolute atomic E-state index is 10.6. The fourth-order valence-corrected chi connectivity index (χ4v) is 2.40. The third-order valence-electron chi connectivity index (χ3n) is 3.30. The van der Waals surface area contributed by atoms with Crippen LogP contribution in [0.1, 0.15) is 29.6 Å². The average molecular weight is 249 g/mol. The van der Waals surface area contributed by atoms with Crippen LogP contribution in [-0.2, 0) is 4.84 Å². The summed E-state index contributed by atoms with van der Waals surface area (Å²) in [4.78, 5) is 22.1. The van der Waals surface area contributed by atoms with Gasteiger partial charge in [0.15, 0.2) is 6.29 Å². The first-order valence-corrected chi connectivity index (χ1v) is 6.29. The van der Waals surface area contributed by atoms with Gasteiger partial charge in [0.2, 0.25) is 0 Å². The van der Waals surface area contributed by atoms with E-state index in [1.807, 2.05) is 12.1 Å². The number of aldehydes is 1. The van der Waals surface area contributed by atoms with E-state index in [4.69, 9.17) is 4.84 Å². The summed E-state index contributed by atoms with van der Waals surface area (Å²) in [5.41, 5.74) is 3.49. The Balaban J connectivity index is 1.98. The van der Waals surface area contributed by atoms with E-state index in [1.165, 1.54) is 12.8 Å². The van der Waals surface area contributed by atoms with E-state index in [9.17, 15) is 4.79 Å². The Labute approximate surface area is 107 Å². The quantitative estimate of drug-likeness (QED) is 0.469. The maximum Gasteiger partial charge on any atom is 0.151 e. The molecule has 0 radical (unpaired) electrons. The predicted molar refractivity (Wildman–Crippen MR) is 69.6 cm³/mol. The van der Waals surface area contributed by atoms with E-state index in [-0.39, 0.29) is 0 Å². The molecule has 5 nitrogen and oxygen atoms in total. The van der Waals surface area contributed by atoms with Gasteiger partial charge in [0.25, 0.3) is 0 Å². The van der Waals surface area contributed by atoms with Gasteiger partial charge in [-0.3, -0.25) is 4.79 Å². The zero-order valence-corrected chi connectivity index (χ0v) is 10.6. The van der Waals surface area contributed by atoms with Crippen LogP contribution < -0.4 is 10.4 Å². The van der Waals surface area contributed by atoms with Gasteiger partial charge in [-0.1, -0.05) is 0 Å². The van der Waals surface area contributed by atoms with Crippen LogP contribution >= 0.6 is 0 Å². The standard InChI is InChI=1S/C13H19N3O2/c1-18-15-7-6-12-3-2-8-16(12)13-5-4-11(10-17)9-14-13/h4-5,9-10,12,15H,2-3,6-8H2,1H3. The molecule has 0 aliphatic carbocycles. The summed E-state index contributed by atoms with van der Waals surface area (Å²) in [5, 5.41) is 0. The van der Waals surface area contributed by atoms with Gasteiger partial charge in [-0.25, -0.2) is 10.5 Å². The minimum atomic E-state index is 0.502. The van der Waals surface area contributed by atoms with Crippen LogP contribution in [0.5, 0.6) is 0 Å². The van der Waals surface area contributed by atoms with Gasteiger partial charge in [0, 0.05) is 30.9 Å². The molecular weight excluding hydrogens is 230 g/mol. The fourth-order valence-electron chi connectivity index (χ4n) is 2.40. The van der Waals surface area contributed by atoms with Gasteiger partial charge in [-0.15, -0.1) is 0 Å². The van der Waals surface area contributed by atoms with Crippen molar-refractivity contribution in [2.75, 3.05) is 25.1 Å². The summed E-state index contributed by atoms with van der Waals surface area (Å²) in [6, 6.07) is 4.24. The van der Waals surface area contributed by atoms with Crippen molar-refractivity contribution in [3.63, 3.8) is 0 Å². The lowest BCUT2D eigenvalue weighted by Crippen LogP contribution is -2.32. The highest BCUT2D eigenvalue weighted by atomic mass is 16.6. The molecule has 18 heavy (non-hydrogen) atoms. The summed E-state index contributed by atoms with van der Waals surface area (Å²) >= 11 is 0. The van der Waals surface area contributed by atoms with E-state index in [1.54, 1.807) is 13.3 Å². The van der Waals surface area contributed by atoms with E-state index in [2.05, 4.69) is 15.4 Å². The Kier molecular flexibility index (Phi) is 4.66. The molecule has 0 amide bonds. The van der Waals surface area contributed by atoms with Gasteiger partial charge in [-0.2, -0.15) is 0 Å². The molecule has 0 bridgehead atoms. The minimum absolute atomic E-state index is 0.502. The Bertz CT molecular complexity index is 380. The highest BCUT2D eigenvalue weighted by Crippen LogP contribution is 2.25. The Morgan fingerprint density at radius 2 is 2.50 bits per heavy atom. The number of carbonyl (C=O) groups excluding carboxylic acids is 1. The fraction of sp³-hybridized carbons (Fsp3) is 0.538. The summed E-state index contributed by atoms with van der Waals surface area (Å²) in [6.07, 6.45) is 5.86. The average Bonchev–Trinajstić information content (AvgIpc) is 2.88. The van der Waals surface area contributed by atoms with Crippen molar-refractivity contribution in [3.05, 3.63) is 23.9 Å². The summed E-state index contributed by atoms with van der Waals surface area (Å²) in [7, 11) is 1.63. The molecule has 1 N–H and O–H groups in total. The molecule has 0 aromatic carbocycles. The normalized spacial score (nSPS) is 19.2. The largest absolute Gasteiger partial charge is 0.354 e. The van der Waals surface area contributed by atoms with Gasteiger partial charge in [0.05, 0.1) is 7.11 Å². The lowest BCUT2D eigenvalue weighted by Gasteiger charge is -2.25. The predicted octanol–water partition coefficient (Wildman–Crippen LogP) is 1.40. The number of aromatic nitrogens is 1. The highest BCUT2D eigenvalue weighted by molar-refractivity contribution is 5.74. The molecule has 1 unspecified atom stereocenters. The van der Waals surface area contributed by atoms with Crippen molar-refractivity contribution in [1.29, 1.82) is 0 Å². The molecule has 5 heteroatoms. The van der Waals surface area contributed by atoms with E-state index in [0.717, 1.165) is 31.6 Å². The molecule has 2 heterocycles. The minimum Gasteiger partial charge on any atom is -0.354 e. The number of nitrogens with zero attached hydrogens (tertiary/aromatic N) is 2. The Hall–Kier alpha value is -1.46. The molecular formula is C13H19N3O2. The van der Waals surface area contributed by atoms with Crippen LogP contribution in [0.25, 0.3) is 0 Å². The van der Waals surface area contributed by atoms with Gasteiger partial charge >= 0.3 is 0 Å². The van der Waals surface area contributed by atoms with Crippen LogP contribution in [0, 0.1) is 0 Å². The number of nitrogens with one attached hydrogen (secondary N) is 1. The molecule has 1 atom stereocenters. The SMILES string of the molecule is CONCCC1CCCN1c1ccc(C=O)cn1. The number of hydrogen-bond acceptors (Lipinski definition) is 5. The van der Waals surface area contributed by atoms with Crippen LogP contribution in [-0.4, -0.2) is 37.5 Å². The van der Waals surface area contributed by atoms with Gasteiger partial charge in [0.1, 0.15) is 5.82 Å². The third kappa shape index (κ3) is 3.05. The molecule has 98 valence electrons. The molecule has 1 aromatic rings. The molecule has 0 spiro atoms. The van der Waals surface area contributed by atoms with Crippen LogP contribution in [0.3, 0.4) is 0 Å². The van der Waals surface area contributed by atoms with Gasteiger partial charge < -0.3 is 9.74 Å². The third-order valence-corrected chi connectivity index (χ3v) is 3.30. The molecule has 1 fully saturated rings. The Morgan fingerprint density at radius 1 is 1.61 bits per heavy atom. The van der Waals surface area contributed by atoms with E-state index in [0.29, 0.717) is 11.6 Å². The monoisotopic (exact) mass is 249 g/mol. The molecule has 1 saturated heterocycles. The second kappa shape index (κ2) is 6.47. The lowest BCUT2D eigenvalue weighted by molar-refractivity contribution is 0.0896. The number of anilines is 1. The topological polar surface area (TPSA) is 54.5 Å². The van der Waals surface area contributed by atoms with E-state index < -0.39 is 0 Å². The summed E-state index contributed by atoms with van der Waals surface area (Å²) in [5.74, 6) is 0.959. The summed E-state index contributed by atoms with van der Waals surface area (Å²) in [6.45, 7) is 1.87. The Morgan fingerprint density at radius 3 is 3.17 bits per heavy atom. The smallest absolute Gasteiger partial charge is 0.151 e. The first-order valence-electron chi connectivity index (χ1n) is 6.29. The molecule has 1 aliphatic heterocycles.